The highest BCUT2D eigenvalue weighted by Crippen LogP contribution is 2.25. The number of carboxylic acids is 1. The van der Waals surface area contributed by atoms with E-state index in [-0.39, 0.29) is 17.0 Å². The second-order valence-electron chi connectivity index (χ2n) is 4.15. The molecule has 0 spiro atoms. The smallest absolute Gasteiger partial charge is 0.335 e. The van der Waals surface area contributed by atoms with Crippen LogP contribution in [0.3, 0.4) is 0 Å². The van der Waals surface area contributed by atoms with Crippen LogP contribution in [0.2, 0.25) is 0 Å². The van der Waals surface area contributed by atoms with Gasteiger partial charge < -0.3 is 20.1 Å². The van der Waals surface area contributed by atoms with E-state index in [1.165, 1.54) is 18.2 Å². The summed E-state index contributed by atoms with van der Waals surface area (Å²) in [6.45, 7) is 0. The van der Waals surface area contributed by atoms with Crippen molar-refractivity contribution >= 4 is 33.5 Å². The molecule has 0 aliphatic rings. The number of nitrogens with zero attached hydrogens (tertiary/aromatic N) is 1. The number of hydrogen-bond acceptors (Lipinski definition) is 3. The molecule has 0 fully saturated rings. The molecule has 0 bridgehead atoms. The highest BCUT2D eigenvalue weighted by Gasteiger charge is 2.14. The summed E-state index contributed by atoms with van der Waals surface area (Å²) < 4.78 is 2.35. The summed E-state index contributed by atoms with van der Waals surface area (Å²) in [5.41, 5.74) is 0.399. The Morgan fingerprint density at radius 3 is 2.55 bits per heavy atom. The normalized spacial score (nSPS) is 10.3. The summed E-state index contributed by atoms with van der Waals surface area (Å²) in [6, 6.07) is 5.30. The molecular formula is C13H11BrN2O4. The molecule has 0 saturated heterocycles. The van der Waals surface area contributed by atoms with E-state index in [9.17, 15) is 14.7 Å². The fourth-order valence-electron chi connectivity index (χ4n) is 1.71. The average molecular weight is 339 g/mol. The number of carbonyl (C=O) groups excluding carboxylic acids is 1. The first kappa shape index (κ1) is 14.1. The highest BCUT2D eigenvalue weighted by molar-refractivity contribution is 9.10. The van der Waals surface area contributed by atoms with E-state index in [2.05, 4.69) is 21.2 Å². The summed E-state index contributed by atoms with van der Waals surface area (Å²) in [5.74, 6) is -1.78. The van der Waals surface area contributed by atoms with Gasteiger partial charge in [-0.2, -0.15) is 0 Å². The number of aromatic hydroxyl groups is 1. The van der Waals surface area contributed by atoms with Gasteiger partial charge in [-0.05, 0) is 40.2 Å². The second kappa shape index (κ2) is 5.38. The molecule has 0 saturated carbocycles. The molecule has 3 N–H and O–H groups in total. The number of aromatic carboxylic acids is 1. The fourth-order valence-corrected chi connectivity index (χ4v) is 2.23. The third-order valence-corrected chi connectivity index (χ3v) is 3.13. The number of halogens is 1. The maximum absolute atomic E-state index is 12.1. The third-order valence-electron chi connectivity index (χ3n) is 2.70. The summed E-state index contributed by atoms with van der Waals surface area (Å²) in [4.78, 5) is 22.9. The van der Waals surface area contributed by atoms with Gasteiger partial charge in [0.05, 0.1) is 11.3 Å². The van der Waals surface area contributed by atoms with Gasteiger partial charge in [-0.15, -0.1) is 0 Å². The van der Waals surface area contributed by atoms with Crippen molar-refractivity contribution in [2.24, 2.45) is 7.05 Å². The van der Waals surface area contributed by atoms with Crippen LogP contribution >= 0.6 is 15.9 Å². The maximum Gasteiger partial charge on any atom is 0.335 e. The number of amides is 1. The third kappa shape index (κ3) is 2.83. The number of carboxylic acid groups (broad SMARTS) is 1. The van der Waals surface area contributed by atoms with Crippen molar-refractivity contribution in [3.05, 3.63) is 46.2 Å². The predicted molar refractivity (Wildman–Crippen MR) is 76.1 cm³/mol. The van der Waals surface area contributed by atoms with Gasteiger partial charge in [0.15, 0.2) is 0 Å². The zero-order chi connectivity index (χ0) is 14.9. The lowest BCUT2D eigenvalue weighted by Crippen LogP contribution is -2.15. The van der Waals surface area contributed by atoms with Crippen LogP contribution in [-0.2, 0) is 7.05 Å². The van der Waals surface area contributed by atoms with Gasteiger partial charge in [0.1, 0.15) is 11.4 Å². The summed E-state index contributed by atoms with van der Waals surface area (Å²) >= 11 is 3.25. The molecular weight excluding hydrogens is 328 g/mol. The van der Waals surface area contributed by atoms with Crippen LogP contribution in [0.4, 0.5) is 5.69 Å². The second-order valence-corrected chi connectivity index (χ2v) is 5.06. The Kier molecular flexibility index (Phi) is 3.80. The number of nitrogens with one attached hydrogen (secondary N) is 1. The Bertz CT molecular complexity index is 694. The molecule has 1 amide bonds. The predicted octanol–water partition coefficient (Wildman–Crippen LogP) is 2.44. The summed E-state index contributed by atoms with van der Waals surface area (Å²) in [6.07, 6.45) is 1.71. The summed E-state index contributed by atoms with van der Waals surface area (Å²) in [7, 11) is 1.70. The van der Waals surface area contributed by atoms with Crippen molar-refractivity contribution < 1.29 is 19.8 Å². The lowest BCUT2D eigenvalue weighted by molar-refractivity contribution is 0.0696. The lowest BCUT2D eigenvalue weighted by atomic mass is 10.2. The lowest BCUT2D eigenvalue weighted by Gasteiger charge is -2.08. The number of aromatic nitrogens is 1. The van der Waals surface area contributed by atoms with Gasteiger partial charge in [0, 0.05) is 17.7 Å². The van der Waals surface area contributed by atoms with Crippen LogP contribution < -0.4 is 5.32 Å². The van der Waals surface area contributed by atoms with Crippen LogP contribution in [0.1, 0.15) is 20.8 Å². The minimum Gasteiger partial charge on any atom is -0.506 e. The number of anilines is 1. The van der Waals surface area contributed by atoms with Crippen molar-refractivity contribution in [2.75, 3.05) is 5.32 Å². The molecule has 0 aliphatic carbocycles. The van der Waals surface area contributed by atoms with Gasteiger partial charge in [-0.25, -0.2) is 4.79 Å². The molecule has 2 aromatic rings. The Labute approximate surface area is 122 Å². The fraction of sp³-hybridized carbons (Fsp3) is 0.0769. The van der Waals surface area contributed by atoms with Gasteiger partial charge in [0.2, 0.25) is 0 Å². The van der Waals surface area contributed by atoms with Crippen molar-refractivity contribution in [1.82, 2.24) is 4.57 Å². The monoisotopic (exact) mass is 338 g/mol. The zero-order valence-corrected chi connectivity index (χ0v) is 12.0. The van der Waals surface area contributed by atoms with Crippen LogP contribution in [0.15, 0.2) is 34.9 Å². The Balaban J connectivity index is 2.30. The van der Waals surface area contributed by atoms with Crippen molar-refractivity contribution in [1.29, 1.82) is 0 Å². The molecule has 20 heavy (non-hydrogen) atoms. The quantitative estimate of drug-likeness (QED) is 0.749. The van der Waals surface area contributed by atoms with Crippen LogP contribution in [-0.4, -0.2) is 26.7 Å². The Morgan fingerprint density at radius 1 is 1.30 bits per heavy atom. The minimum atomic E-state index is -1.14. The topological polar surface area (TPSA) is 91.6 Å². The van der Waals surface area contributed by atoms with Crippen LogP contribution in [0.5, 0.6) is 5.75 Å². The van der Waals surface area contributed by atoms with E-state index >= 15 is 0 Å². The molecule has 1 aromatic carbocycles. The molecule has 0 aliphatic heterocycles. The van der Waals surface area contributed by atoms with E-state index in [4.69, 9.17) is 5.11 Å². The standard InChI is InChI=1S/C13H11BrN2O4/c1-16-6-8(14)5-10(16)12(18)15-9-4-7(13(19)20)2-3-11(9)17/h2-6,17H,1H3,(H,15,18)(H,19,20). The first-order valence-corrected chi connectivity index (χ1v) is 6.37. The number of aryl methyl sites for hydroxylation is 1. The Morgan fingerprint density at radius 2 is 2.00 bits per heavy atom. The Hall–Kier alpha value is -2.28. The molecule has 1 aromatic heterocycles. The van der Waals surface area contributed by atoms with E-state index in [1.54, 1.807) is 23.9 Å². The number of phenolic OH excluding ortho intramolecular Hbond substituents is 1. The molecule has 0 unspecified atom stereocenters. The molecule has 104 valence electrons. The molecule has 6 nitrogen and oxygen atoms in total. The zero-order valence-electron chi connectivity index (χ0n) is 10.4. The molecule has 7 heteroatoms. The van der Waals surface area contributed by atoms with Gasteiger partial charge in [-0.3, -0.25) is 4.79 Å². The van der Waals surface area contributed by atoms with Crippen molar-refractivity contribution in [3.63, 3.8) is 0 Å². The minimum absolute atomic E-state index is 0.0221. The maximum atomic E-state index is 12.1. The van der Waals surface area contributed by atoms with Crippen LogP contribution in [0.25, 0.3) is 0 Å². The first-order chi connectivity index (χ1) is 9.38. The van der Waals surface area contributed by atoms with Gasteiger partial charge in [0.25, 0.3) is 5.91 Å². The van der Waals surface area contributed by atoms with Crippen molar-refractivity contribution in [3.8, 4) is 5.75 Å². The van der Waals surface area contributed by atoms with Gasteiger partial charge in [-0.1, -0.05) is 0 Å². The van der Waals surface area contributed by atoms with E-state index in [1.807, 2.05) is 0 Å². The van der Waals surface area contributed by atoms with Gasteiger partial charge >= 0.3 is 5.97 Å². The number of benzene rings is 1. The molecule has 1 heterocycles. The van der Waals surface area contributed by atoms with Crippen LogP contribution in [0, 0.1) is 0 Å². The largest absolute Gasteiger partial charge is 0.506 e. The molecule has 0 radical (unpaired) electrons. The summed E-state index contributed by atoms with van der Waals surface area (Å²) in [5, 5.41) is 21.0. The first-order valence-electron chi connectivity index (χ1n) is 5.58. The van der Waals surface area contributed by atoms with Crippen molar-refractivity contribution in [2.45, 2.75) is 0 Å². The molecule has 0 atom stereocenters. The number of rotatable bonds is 3. The average Bonchev–Trinajstić information content (AvgIpc) is 2.71. The van der Waals surface area contributed by atoms with E-state index in [0.29, 0.717) is 5.69 Å². The SMILES string of the molecule is Cn1cc(Br)cc1C(=O)Nc1cc(C(=O)O)ccc1O. The molecule has 2 rings (SSSR count). The van der Waals surface area contributed by atoms with E-state index < -0.39 is 11.9 Å². The number of carbonyl (C=O) groups is 2. The van der Waals surface area contributed by atoms with E-state index in [0.717, 1.165) is 4.47 Å². The number of phenols is 1. The highest BCUT2D eigenvalue weighted by atomic mass is 79.9. The number of hydrogen-bond donors (Lipinski definition) is 3.